The summed E-state index contributed by atoms with van der Waals surface area (Å²) in [5, 5.41) is 8.08. The predicted molar refractivity (Wildman–Crippen MR) is 121 cm³/mol. The van der Waals surface area contributed by atoms with Crippen molar-refractivity contribution in [2.24, 2.45) is 0 Å². The van der Waals surface area contributed by atoms with Crippen molar-refractivity contribution < 1.29 is 14.3 Å². The van der Waals surface area contributed by atoms with E-state index in [1.807, 2.05) is 18.2 Å². The number of amides is 1. The zero-order valence-electron chi connectivity index (χ0n) is 16.4. The Bertz CT molecular complexity index is 1070. The molecule has 1 amide bonds. The van der Waals surface area contributed by atoms with Crippen LogP contribution in [0.5, 0.6) is 6.01 Å². The quantitative estimate of drug-likeness (QED) is 0.482. The molecule has 1 N–H and O–H groups in total. The fourth-order valence-electron chi connectivity index (χ4n) is 3.18. The normalized spacial score (nSPS) is 15.8. The summed E-state index contributed by atoms with van der Waals surface area (Å²) in [7, 11) is 0. The second-order valence-corrected chi connectivity index (χ2v) is 8.02. The molecule has 4 rings (SSSR count). The number of rotatable bonds is 7. The van der Waals surface area contributed by atoms with Gasteiger partial charge in [0.25, 0.3) is 0 Å². The third-order valence-corrected chi connectivity index (χ3v) is 5.69. The molecule has 1 aliphatic rings. The lowest BCUT2D eigenvalue weighted by Crippen LogP contribution is -2.16. The van der Waals surface area contributed by atoms with E-state index >= 15 is 0 Å². The topological polar surface area (TPSA) is 78.3 Å². The van der Waals surface area contributed by atoms with Gasteiger partial charge >= 0.3 is 6.01 Å². The predicted octanol–water partition coefficient (Wildman–Crippen LogP) is 4.98. The first-order chi connectivity index (χ1) is 15.0. The van der Waals surface area contributed by atoms with Crippen molar-refractivity contribution in [3.63, 3.8) is 0 Å². The summed E-state index contributed by atoms with van der Waals surface area (Å²) in [6, 6.07) is 12.6. The number of hydrogen-bond acceptors (Lipinski definition) is 5. The van der Waals surface area contributed by atoms with Gasteiger partial charge in [-0.3, -0.25) is 4.79 Å². The lowest BCUT2D eigenvalue weighted by atomic mass is 10.2. The standard InChI is InChI=1S/C21H19Cl3N4O3/c22-11-19(29)25-14-4-6-15(7-5-14)28-20(13-3-8-17(23)18(24)10-13)26-21(27-28)31-12-16-2-1-9-30-16/h3-8,10,16H,1-2,9,11-12H2,(H,25,29). The molecule has 0 radical (unpaired) electrons. The van der Waals surface area contributed by atoms with Crippen molar-refractivity contribution in [3.05, 3.63) is 52.5 Å². The number of carbonyl (C=O) groups is 1. The van der Waals surface area contributed by atoms with E-state index in [9.17, 15) is 4.79 Å². The SMILES string of the molecule is O=C(CCl)Nc1ccc(-n2nc(OCC3CCCO3)nc2-c2ccc(Cl)c(Cl)c2)cc1. The number of ether oxygens (including phenoxy) is 2. The zero-order chi connectivity index (χ0) is 21.8. The maximum Gasteiger partial charge on any atom is 0.336 e. The molecule has 1 aliphatic heterocycles. The van der Waals surface area contributed by atoms with Gasteiger partial charge in [-0.15, -0.1) is 16.7 Å². The van der Waals surface area contributed by atoms with Gasteiger partial charge in [-0.05, 0) is 55.3 Å². The second kappa shape index (κ2) is 9.87. The van der Waals surface area contributed by atoms with Crippen LogP contribution in [0.1, 0.15) is 12.8 Å². The van der Waals surface area contributed by atoms with Crippen LogP contribution in [0, 0.1) is 0 Å². The summed E-state index contributed by atoms with van der Waals surface area (Å²) in [6.07, 6.45) is 2.03. The second-order valence-electron chi connectivity index (χ2n) is 6.93. The average molecular weight is 482 g/mol. The molecule has 0 bridgehead atoms. The van der Waals surface area contributed by atoms with Crippen LogP contribution in [0.3, 0.4) is 0 Å². The highest BCUT2D eigenvalue weighted by Gasteiger charge is 2.20. The van der Waals surface area contributed by atoms with Crippen LogP contribution in [0.25, 0.3) is 17.1 Å². The highest BCUT2D eigenvalue weighted by Crippen LogP contribution is 2.30. The van der Waals surface area contributed by atoms with Gasteiger partial charge in [0.15, 0.2) is 5.82 Å². The van der Waals surface area contributed by atoms with Crippen molar-refractivity contribution in [1.82, 2.24) is 14.8 Å². The van der Waals surface area contributed by atoms with Crippen molar-refractivity contribution in [2.75, 3.05) is 24.4 Å². The lowest BCUT2D eigenvalue weighted by molar-refractivity contribution is -0.113. The Hall–Kier alpha value is -2.32. The molecule has 162 valence electrons. The fraction of sp³-hybridized carbons (Fsp3) is 0.286. The first kappa shape index (κ1) is 21.9. The Morgan fingerprint density at radius 2 is 2.00 bits per heavy atom. The Labute approximate surface area is 194 Å². The summed E-state index contributed by atoms with van der Waals surface area (Å²) in [6.45, 7) is 1.13. The highest BCUT2D eigenvalue weighted by molar-refractivity contribution is 6.42. The van der Waals surface area contributed by atoms with E-state index in [0.29, 0.717) is 28.2 Å². The van der Waals surface area contributed by atoms with Crippen molar-refractivity contribution >= 4 is 46.4 Å². The van der Waals surface area contributed by atoms with Crippen molar-refractivity contribution in [2.45, 2.75) is 18.9 Å². The molecule has 2 aromatic carbocycles. The van der Waals surface area contributed by atoms with Crippen LogP contribution in [-0.2, 0) is 9.53 Å². The molecule has 1 unspecified atom stereocenters. The number of hydrogen-bond donors (Lipinski definition) is 1. The molecule has 31 heavy (non-hydrogen) atoms. The van der Waals surface area contributed by atoms with Crippen LogP contribution in [0.2, 0.25) is 10.0 Å². The molecular formula is C21H19Cl3N4O3. The van der Waals surface area contributed by atoms with Crippen LogP contribution in [-0.4, -0.2) is 45.9 Å². The number of anilines is 1. The smallest absolute Gasteiger partial charge is 0.336 e. The number of benzene rings is 2. The minimum absolute atomic E-state index is 0.0465. The molecule has 10 heteroatoms. The van der Waals surface area contributed by atoms with E-state index in [1.54, 1.807) is 28.9 Å². The molecule has 1 saturated heterocycles. The Morgan fingerprint density at radius 3 is 2.68 bits per heavy atom. The molecule has 1 atom stereocenters. The van der Waals surface area contributed by atoms with Crippen LogP contribution in [0.4, 0.5) is 5.69 Å². The summed E-state index contributed by atoms with van der Waals surface area (Å²) in [4.78, 5) is 16.1. The Morgan fingerprint density at radius 1 is 1.19 bits per heavy atom. The molecule has 1 aromatic heterocycles. The first-order valence-electron chi connectivity index (χ1n) is 9.66. The van der Waals surface area contributed by atoms with E-state index in [0.717, 1.165) is 30.7 Å². The van der Waals surface area contributed by atoms with Crippen LogP contribution < -0.4 is 10.1 Å². The van der Waals surface area contributed by atoms with Gasteiger partial charge in [-0.2, -0.15) is 4.98 Å². The number of carbonyl (C=O) groups excluding carboxylic acids is 1. The molecule has 3 aromatic rings. The average Bonchev–Trinajstić information content (AvgIpc) is 3.44. The molecule has 2 heterocycles. The van der Waals surface area contributed by atoms with Gasteiger partial charge in [-0.25, -0.2) is 4.68 Å². The van der Waals surface area contributed by atoms with E-state index in [-0.39, 0.29) is 23.9 Å². The minimum atomic E-state index is -0.281. The van der Waals surface area contributed by atoms with E-state index in [1.165, 1.54) is 0 Å². The summed E-state index contributed by atoms with van der Waals surface area (Å²) >= 11 is 17.8. The number of halogens is 3. The van der Waals surface area contributed by atoms with Gasteiger partial charge in [-0.1, -0.05) is 23.2 Å². The van der Waals surface area contributed by atoms with Gasteiger partial charge < -0.3 is 14.8 Å². The maximum atomic E-state index is 11.5. The van der Waals surface area contributed by atoms with E-state index in [4.69, 9.17) is 44.3 Å². The van der Waals surface area contributed by atoms with Gasteiger partial charge in [0, 0.05) is 17.9 Å². The minimum Gasteiger partial charge on any atom is -0.460 e. The van der Waals surface area contributed by atoms with Crippen molar-refractivity contribution in [1.29, 1.82) is 0 Å². The number of aromatic nitrogens is 3. The third kappa shape index (κ3) is 5.30. The van der Waals surface area contributed by atoms with Crippen LogP contribution in [0.15, 0.2) is 42.5 Å². The largest absolute Gasteiger partial charge is 0.460 e. The Balaban J connectivity index is 1.65. The summed E-state index contributed by atoms with van der Waals surface area (Å²) in [5.41, 5.74) is 2.08. The van der Waals surface area contributed by atoms with Crippen molar-refractivity contribution in [3.8, 4) is 23.1 Å². The maximum absolute atomic E-state index is 11.5. The summed E-state index contributed by atoms with van der Waals surface area (Å²) in [5.74, 6) is 0.146. The number of nitrogens with one attached hydrogen (secondary N) is 1. The summed E-state index contributed by atoms with van der Waals surface area (Å²) < 4.78 is 13.1. The van der Waals surface area contributed by atoms with E-state index < -0.39 is 0 Å². The first-order valence-corrected chi connectivity index (χ1v) is 11.0. The number of alkyl halides is 1. The molecule has 7 nitrogen and oxygen atoms in total. The van der Waals surface area contributed by atoms with Gasteiger partial charge in [0.2, 0.25) is 5.91 Å². The third-order valence-electron chi connectivity index (χ3n) is 4.70. The molecular weight excluding hydrogens is 463 g/mol. The highest BCUT2D eigenvalue weighted by atomic mass is 35.5. The Kier molecular flexibility index (Phi) is 6.97. The van der Waals surface area contributed by atoms with Crippen LogP contribution >= 0.6 is 34.8 Å². The fourth-order valence-corrected chi connectivity index (χ4v) is 3.54. The van der Waals surface area contributed by atoms with E-state index in [2.05, 4.69) is 15.4 Å². The number of nitrogens with zero attached hydrogens (tertiary/aromatic N) is 3. The molecule has 0 saturated carbocycles. The van der Waals surface area contributed by atoms with Gasteiger partial charge in [0.05, 0.1) is 21.8 Å². The molecule has 0 spiro atoms. The lowest BCUT2D eigenvalue weighted by Gasteiger charge is -2.08. The molecule has 1 fully saturated rings. The zero-order valence-corrected chi connectivity index (χ0v) is 18.6. The molecule has 0 aliphatic carbocycles. The van der Waals surface area contributed by atoms with Gasteiger partial charge in [0.1, 0.15) is 12.5 Å². The monoisotopic (exact) mass is 480 g/mol.